The third-order valence-corrected chi connectivity index (χ3v) is 3.91. The number of hydrogen-bond acceptors (Lipinski definition) is 6. The average molecular weight is 352 g/mol. The van der Waals surface area contributed by atoms with E-state index in [2.05, 4.69) is 10.5 Å². The number of amides is 1. The van der Waals surface area contributed by atoms with Gasteiger partial charge in [-0.25, -0.2) is 0 Å². The fraction of sp³-hybridized carbons (Fsp3) is 0.158. The lowest BCUT2D eigenvalue weighted by Crippen LogP contribution is -2.14. The Kier molecular flexibility index (Phi) is 4.18. The molecule has 0 bridgehead atoms. The lowest BCUT2D eigenvalue weighted by atomic mass is 10.1. The number of fused-ring (bicyclic) bond motifs is 1. The lowest BCUT2D eigenvalue weighted by Gasteiger charge is -2.05. The SMILES string of the molecule is COc1cccc(NC(=O)Cc2cc(-c3ccc4c(c3)OCO4)on2)c1. The summed E-state index contributed by atoms with van der Waals surface area (Å²) in [5.74, 6) is 2.41. The van der Waals surface area contributed by atoms with E-state index in [1.54, 1.807) is 25.3 Å². The summed E-state index contributed by atoms with van der Waals surface area (Å²) in [4.78, 5) is 12.2. The van der Waals surface area contributed by atoms with Crippen molar-refractivity contribution in [3.63, 3.8) is 0 Å². The van der Waals surface area contributed by atoms with Crippen LogP contribution in [-0.2, 0) is 11.2 Å². The van der Waals surface area contributed by atoms with E-state index in [4.69, 9.17) is 18.7 Å². The zero-order valence-electron chi connectivity index (χ0n) is 14.0. The number of benzene rings is 2. The second-order valence-corrected chi connectivity index (χ2v) is 5.71. The van der Waals surface area contributed by atoms with Gasteiger partial charge in [0.1, 0.15) is 5.75 Å². The van der Waals surface area contributed by atoms with Gasteiger partial charge in [0.25, 0.3) is 0 Å². The van der Waals surface area contributed by atoms with Crippen molar-refractivity contribution >= 4 is 11.6 Å². The predicted octanol–water partition coefficient (Wildman–Crippen LogP) is 3.26. The molecule has 7 heteroatoms. The number of nitrogens with zero attached hydrogens (tertiary/aromatic N) is 1. The van der Waals surface area contributed by atoms with Crippen molar-refractivity contribution in [2.24, 2.45) is 0 Å². The maximum absolute atomic E-state index is 12.2. The minimum atomic E-state index is -0.191. The molecule has 4 rings (SSSR count). The Hall–Kier alpha value is -3.48. The Labute approximate surface area is 149 Å². The third-order valence-electron chi connectivity index (χ3n) is 3.91. The van der Waals surface area contributed by atoms with Crippen LogP contribution in [0, 0.1) is 0 Å². The van der Waals surface area contributed by atoms with Gasteiger partial charge in [0.15, 0.2) is 17.3 Å². The van der Waals surface area contributed by atoms with Crippen LogP contribution in [0.3, 0.4) is 0 Å². The van der Waals surface area contributed by atoms with Gasteiger partial charge in [0.2, 0.25) is 12.7 Å². The molecule has 1 amide bonds. The number of carbonyl (C=O) groups excluding carboxylic acids is 1. The van der Waals surface area contributed by atoms with Crippen LogP contribution in [0.25, 0.3) is 11.3 Å². The molecule has 0 radical (unpaired) electrons. The van der Waals surface area contributed by atoms with Crippen molar-refractivity contribution in [1.82, 2.24) is 5.16 Å². The van der Waals surface area contributed by atoms with Gasteiger partial charge >= 0.3 is 0 Å². The highest BCUT2D eigenvalue weighted by molar-refractivity contribution is 5.92. The summed E-state index contributed by atoms with van der Waals surface area (Å²) >= 11 is 0. The molecule has 2 heterocycles. The minimum absolute atomic E-state index is 0.102. The number of ether oxygens (including phenoxy) is 3. The van der Waals surface area contributed by atoms with E-state index in [0.29, 0.717) is 34.4 Å². The van der Waals surface area contributed by atoms with E-state index in [9.17, 15) is 4.79 Å². The summed E-state index contributed by atoms with van der Waals surface area (Å²) in [5.41, 5.74) is 2.01. The average Bonchev–Trinajstić information content (AvgIpc) is 3.30. The number of aromatic nitrogens is 1. The molecule has 0 fully saturated rings. The summed E-state index contributed by atoms with van der Waals surface area (Å²) in [6, 6.07) is 14.4. The molecule has 3 aromatic rings. The molecule has 26 heavy (non-hydrogen) atoms. The van der Waals surface area contributed by atoms with E-state index in [0.717, 1.165) is 5.56 Å². The Morgan fingerprint density at radius 1 is 1.15 bits per heavy atom. The molecule has 2 aromatic carbocycles. The number of nitrogens with one attached hydrogen (secondary N) is 1. The van der Waals surface area contributed by atoms with Crippen molar-refractivity contribution in [2.75, 3.05) is 19.2 Å². The second-order valence-electron chi connectivity index (χ2n) is 5.71. The minimum Gasteiger partial charge on any atom is -0.497 e. The van der Waals surface area contributed by atoms with Gasteiger partial charge in [-0.05, 0) is 30.3 Å². The number of anilines is 1. The predicted molar refractivity (Wildman–Crippen MR) is 93.4 cm³/mol. The van der Waals surface area contributed by atoms with Crippen molar-refractivity contribution in [3.8, 4) is 28.6 Å². The van der Waals surface area contributed by atoms with Crippen LogP contribution in [0.2, 0.25) is 0 Å². The summed E-state index contributed by atoms with van der Waals surface area (Å²) in [5, 5.41) is 6.78. The van der Waals surface area contributed by atoms with Crippen molar-refractivity contribution in [1.29, 1.82) is 0 Å². The van der Waals surface area contributed by atoms with Crippen molar-refractivity contribution < 1.29 is 23.5 Å². The van der Waals surface area contributed by atoms with Crippen LogP contribution < -0.4 is 19.5 Å². The quantitative estimate of drug-likeness (QED) is 0.759. The molecule has 1 N–H and O–H groups in total. The summed E-state index contributed by atoms with van der Waals surface area (Å²) in [6.45, 7) is 0.213. The van der Waals surface area contributed by atoms with Gasteiger partial charge in [-0.2, -0.15) is 0 Å². The Balaban J connectivity index is 1.44. The van der Waals surface area contributed by atoms with E-state index in [-0.39, 0.29) is 19.1 Å². The number of rotatable bonds is 5. The van der Waals surface area contributed by atoms with E-state index < -0.39 is 0 Å². The van der Waals surface area contributed by atoms with Crippen LogP contribution in [0.15, 0.2) is 53.1 Å². The first-order valence-electron chi connectivity index (χ1n) is 8.01. The van der Waals surface area contributed by atoms with E-state index >= 15 is 0 Å². The highest BCUT2D eigenvalue weighted by Crippen LogP contribution is 2.36. The van der Waals surface area contributed by atoms with Gasteiger partial charge in [0.05, 0.1) is 19.2 Å². The van der Waals surface area contributed by atoms with Gasteiger partial charge in [-0.3, -0.25) is 4.79 Å². The number of hydrogen-bond donors (Lipinski definition) is 1. The van der Waals surface area contributed by atoms with E-state index in [1.807, 2.05) is 30.3 Å². The van der Waals surface area contributed by atoms with Crippen LogP contribution in [0.5, 0.6) is 17.2 Å². The second kappa shape index (κ2) is 6.79. The zero-order chi connectivity index (χ0) is 17.9. The van der Waals surface area contributed by atoms with Crippen LogP contribution in [0.1, 0.15) is 5.69 Å². The first-order valence-corrected chi connectivity index (χ1v) is 8.01. The highest BCUT2D eigenvalue weighted by Gasteiger charge is 2.16. The monoisotopic (exact) mass is 352 g/mol. The molecule has 7 nitrogen and oxygen atoms in total. The molecular weight excluding hydrogens is 336 g/mol. The van der Waals surface area contributed by atoms with Gasteiger partial charge in [0, 0.05) is 23.4 Å². The van der Waals surface area contributed by atoms with E-state index in [1.165, 1.54) is 0 Å². The molecular formula is C19H16N2O5. The summed E-state index contributed by atoms with van der Waals surface area (Å²) in [7, 11) is 1.58. The third kappa shape index (κ3) is 3.32. The highest BCUT2D eigenvalue weighted by atomic mass is 16.7. The molecule has 132 valence electrons. The summed E-state index contributed by atoms with van der Waals surface area (Å²) < 4.78 is 21.1. The topological polar surface area (TPSA) is 82.8 Å². The number of carbonyl (C=O) groups is 1. The summed E-state index contributed by atoms with van der Waals surface area (Å²) in [6.07, 6.45) is 0.102. The first-order chi connectivity index (χ1) is 12.7. The zero-order valence-corrected chi connectivity index (χ0v) is 14.0. The molecule has 0 spiro atoms. The largest absolute Gasteiger partial charge is 0.497 e. The maximum Gasteiger partial charge on any atom is 0.231 e. The van der Waals surface area contributed by atoms with Gasteiger partial charge in [-0.1, -0.05) is 11.2 Å². The Morgan fingerprint density at radius 3 is 2.92 bits per heavy atom. The first kappa shape index (κ1) is 16.0. The molecule has 1 aliphatic rings. The lowest BCUT2D eigenvalue weighted by molar-refractivity contribution is -0.115. The maximum atomic E-state index is 12.2. The van der Waals surface area contributed by atoms with Gasteiger partial charge < -0.3 is 24.1 Å². The molecule has 0 saturated carbocycles. The Bertz CT molecular complexity index is 951. The normalized spacial score (nSPS) is 12.0. The molecule has 0 aliphatic carbocycles. The number of methoxy groups -OCH3 is 1. The molecule has 1 aromatic heterocycles. The van der Waals surface area contributed by atoms with Crippen LogP contribution >= 0.6 is 0 Å². The molecule has 0 atom stereocenters. The fourth-order valence-corrected chi connectivity index (χ4v) is 2.65. The van der Waals surface area contributed by atoms with Crippen LogP contribution in [-0.4, -0.2) is 25.0 Å². The molecule has 0 unspecified atom stereocenters. The van der Waals surface area contributed by atoms with Crippen LogP contribution in [0.4, 0.5) is 5.69 Å². The molecule has 0 saturated heterocycles. The van der Waals surface area contributed by atoms with Crippen molar-refractivity contribution in [3.05, 3.63) is 54.2 Å². The Morgan fingerprint density at radius 2 is 2.04 bits per heavy atom. The molecule has 1 aliphatic heterocycles. The van der Waals surface area contributed by atoms with Gasteiger partial charge in [-0.15, -0.1) is 0 Å². The smallest absolute Gasteiger partial charge is 0.231 e. The fourth-order valence-electron chi connectivity index (χ4n) is 2.65. The standard InChI is InChI=1S/C19H16N2O5/c1-23-15-4-2-3-13(8-15)20-19(22)10-14-9-17(26-21-14)12-5-6-16-18(7-12)25-11-24-16/h2-9H,10-11H2,1H3,(H,20,22). The van der Waals surface area contributed by atoms with Crippen molar-refractivity contribution in [2.45, 2.75) is 6.42 Å².